The van der Waals surface area contributed by atoms with Crippen LogP contribution in [0.25, 0.3) is 0 Å². The van der Waals surface area contributed by atoms with E-state index < -0.39 is 22.1 Å². The summed E-state index contributed by atoms with van der Waals surface area (Å²) >= 11 is 0. The molecule has 0 bridgehead atoms. The Labute approximate surface area is 145 Å². The number of piperazine rings is 1. The fraction of sp³-hybridized carbons (Fsp3) is 0.462. The van der Waals surface area contributed by atoms with Gasteiger partial charge in [0.1, 0.15) is 0 Å². The molecule has 1 aliphatic rings. The Morgan fingerprint density at radius 1 is 1.35 bits per heavy atom. The molecule has 1 aromatic rings. The van der Waals surface area contributed by atoms with Gasteiger partial charge >= 0.3 is 5.69 Å². The quantitative estimate of drug-likeness (QED) is 0.422. The minimum atomic E-state index is -0.750. The molecule has 1 aliphatic heterocycles. The lowest BCUT2D eigenvalue weighted by Crippen LogP contribution is -2.45. The zero-order valence-electron chi connectivity index (χ0n) is 12.1. The average molecular weight is 365 g/mol. The van der Waals surface area contributed by atoms with Gasteiger partial charge in [0.25, 0.3) is 0 Å². The van der Waals surface area contributed by atoms with E-state index in [1.165, 1.54) is 12.1 Å². The monoisotopic (exact) mass is 364 g/mol. The summed E-state index contributed by atoms with van der Waals surface area (Å²) in [6, 6.07) is 4.23. The number of nitrogens with one attached hydrogen (secondary N) is 1. The lowest BCUT2D eigenvalue weighted by molar-refractivity contribution is -0.386. The molecule has 128 valence electrons. The highest BCUT2D eigenvalue weighted by Crippen LogP contribution is 2.39. The number of aromatic hydroxyl groups is 2. The van der Waals surface area contributed by atoms with Crippen LogP contribution in [0.5, 0.6) is 11.5 Å². The summed E-state index contributed by atoms with van der Waals surface area (Å²) in [6.07, 6.45) is 0.154. The second kappa shape index (κ2) is 9.37. The number of phenols is 2. The molecule has 2 rings (SSSR count). The van der Waals surface area contributed by atoms with Crippen molar-refractivity contribution in [3.63, 3.8) is 0 Å². The fourth-order valence-corrected chi connectivity index (χ4v) is 2.49. The summed E-state index contributed by atoms with van der Waals surface area (Å²) in [5, 5.41) is 42.3. The standard InChI is InChI=1S/C13H16N4O4.2ClH/c14-2-1-10(16-5-3-15-4-6-16)9-7-11(17(20)21)13(19)12(18)8-9;;/h7-8,10,15,18-19H,1,3-6H2;2*1H/t10-;;/m0../s1. The van der Waals surface area contributed by atoms with Crippen LogP contribution in [-0.4, -0.2) is 46.2 Å². The molecule has 1 atom stereocenters. The molecule has 0 unspecified atom stereocenters. The topological polar surface area (TPSA) is 123 Å². The highest BCUT2D eigenvalue weighted by molar-refractivity contribution is 5.85. The summed E-state index contributed by atoms with van der Waals surface area (Å²) in [5.41, 5.74) is -0.0940. The number of nitro groups is 1. The van der Waals surface area contributed by atoms with E-state index in [4.69, 9.17) is 5.26 Å². The zero-order chi connectivity index (χ0) is 15.4. The lowest BCUT2D eigenvalue weighted by atomic mass is 10.00. The SMILES string of the molecule is Cl.Cl.N#CC[C@@H](c1cc(O)c(O)c([N+](=O)[O-])c1)N1CCNCC1. The van der Waals surface area contributed by atoms with Crippen molar-refractivity contribution in [2.75, 3.05) is 26.2 Å². The molecule has 23 heavy (non-hydrogen) atoms. The first-order valence-corrected chi connectivity index (χ1v) is 6.56. The third kappa shape index (κ3) is 4.84. The molecule has 1 aromatic carbocycles. The van der Waals surface area contributed by atoms with E-state index in [0.29, 0.717) is 18.7 Å². The molecule has 1 saturated heterocycles. The average Bonchev–Trinajstić information content (AvgIpc) is 2.48. The molecule has 1 fully saturated rings. The number of nitro benzene ring substituents is 1. The Balaban J connectivity index is 0.00000242. The summed E-state index contributed by atoms with van der Waals surface area (Å²) in [4.78, 5) is 12.2. The Kier molecular flexibility index (Phi) is 8.64. The van der Waals surface area contributed by atoms with E-state index in [2.05, 4.69) is 11.4 Å². The van der Waals surface area contributed by atoms with Gasteiger partial charge in [-0.2, -0.15) is 5.26 Å². The first-order valence-electron chi connectivity index (χ1n) is 6.56. The molecule has 8 nitrogen and oxygen atoms in total. The molecule has 0 radical (unpaired) electrons. The summed E-state index contributed by atoms with van der Waals surface area (Å²) in [7, 11) is 0. The normalized spacial score (nSPS) is 15.6. The Hall–Kier alpha value is -1.79. The highest BCUT2D eigenvalue weighted by atomic mass is 35.5. The number of rotatable bonds is 4. The van der Waals surface area contributed by atoms with Gasteiger partial charge in [-0.25, -0.2) is 0 Å². The molecule has 0 saturated carbocycles. The first-order chi connectivity index (χ1) is 10.0. The van der Waals surface area contributed by atoms with Crippen LogP contribution in [0.1, 0.15) is 18.0 Å². The molecule has 10 heteroatoms. The van der Waals surface area contributed by atoms with Crippen LogP contribution in [0.2, 0.25) is 0 Å². The van der Waals surface area contributed by atoms with E-state index in [1.807, 2.05) is 4.90 Å². The van der Waals surface area contributed by atoms with Crippen molar-refractivity contribution >= 4 is 30.5 Å². The van der Waals surface area contributed by atoms with Crippen LogP contribution in [0.15, 0.2) is 12.1 Å². The van der Waals surface area contributed by atoms with Gasteiger partial charge in [-0.3, -0.25) is 15.0 Å². The van der Waals surface area contributed by atoms with Gasteiger partial charge in [0, 0.05) is 38.3 Å². The highest BCUT2D eigenvalue weighted by Gasteiger charge is 2.27. The van der Waals surface area contributed by atoms with Crippen LogP contribution in [-0.2, 0) is 0 Å². The Morgan fingerprint density at radius 2 is 1.96 bits per heavy atom. The lowest BCUT2D eigenvalue weighted by Gasteiger charge is -2.34. The molecule has 3 N–H and O–H groups in total. The van der Waals surface area contributed by atoms with Gasteiger partial charge in [-0.05, 0) is 11.6 Å². The minimum absolute atomic E-state index is 0. The van der Waals surface area contributed by atoms with Crippen molar-refractivity contribution in [2.24, 2.45) is 0 Å². The number of nitriles is 1. The van der Waals surface area contributed by atoms with Gasteiger partial charge in [-0.1, -0.05) is 0 Å². The third-order valence-electron chi connectivity index (χ3n) is 3.55. The van der Waals surface area contributed by atoms with E-state index in [0.717, 1.165) is 13.1 Å². The van der Waals surface area contributed by atoms with Crippen molar-refractivity contribution in [3.8, 4) is 17.6 Å². The second-order valence-electron chi connectivity index (χ2n) is 4.83. The number of benzene rings is 1. The van der Waals surface area contributed by atoms with Crippen LogP contribution < -0.4 is 5.32 Å². The van der Waals surface area contributed by atoms with Gasteiger partial charge in [0.15, 0.2) is 5.75 Å². The predicted molar refractivity (Wildman–Crippen MR) is 88.3 cm³/mol. The first kappa shape index (κ1) is 21.2. The van der Waals surface area contributed by atoms with E-state index in [-0.39, 0.29) is 37.3 Å². The number of phenolic OH excluding ortho intramolecular Hbond substituents is 2. The maximum atomic E-state index is 10.9. The largest absolute Gasteiger partial charge is 0.504 e. The third-order valence-corrected chi connectivity index (χ3v) is 3.55. The van der Waals surface area contributed by atoms with Gasteiger partial charge in [-0.15, -0.1) is 24.8 Å². The molecular weight excluding hydrogens is 347 g/mol. The van der Waals surface area contributed by atoms with E-state index in [9.17, 15) is 20.3 Å². The van der Waals surface area contributed by atoms with Crippen LogP contribution >= 0.6 is 24.8 Å². The van der Waals surface area contributed by atoms with E-state index >= 15 is 0 Å². The van der Waals surface area contributed by atoms with Crippen molar-refractivity contribution in [1.29, 1.82) is 5.26 Å². The van der Waals surface area contributed by atoms with Gasteiger partial charge in [0.2, 0.25) is 5.75 Å². The van der Waals surface area contributed by atoms with Crippen molar-refractivity contribution in [3.05, 3.63) is 27.8 Å². The molecule has 0 spiro atoms. The smallest absolute Gasteiger partial charge is 0.314 e. The summed E-state index contributed by atoms with van der Waals surface area (Å²) < 4.78 is 0. The Morgan fingerprint density at radius 3 is 2.48 bits per heavy atom. The van der Waals surface area contributed by atoms with Crippen LogP contribution in [0.4, 0.5) is 5.69 Å². The van der Waals surface area contributed by atoms with E-state index in [1.54, 1.807) is 0 Å². The van der Waals surface area contributed by atoms with Gasteiger partial charge in [0.05, 0.1) is 17.4 Å². The fourth-order valence-electron chi connectivity index (χ4n) is 2.49. The molecule has 0 amide bonds. The van der Waals surface area contributed by atoms with Gasteiger partial charge < -0.3 is 15.5 Å². The molecule has 0 aliphatic carbocycles. The number of nitrogens with zero attached hydrogens (tertiary/aromatic N) is 3. The minimum Gasteiger partial charge on any atom is -0.504 e. The maximum absolute atomic E-state index is 10.9. The van der Waals surface area contributed by atoms with Crippen molar-refractivity contribution < 1.29 is 15.1 Å². The van der Waals surface area contributed by atoms with Crippen LogP contribution in [0.3, 0.4) is 0 Å². The second-order valence-corrected chi connectivity index (χ2v) is 4.83. The Bertz CT molecular complexity index is 588. The molecule has 0 aromatic heterocycles. The molecule has 1 heterocycles. The zero-order valence-corrected chi connectivity index (χ0v) is 13.8. The van der Waals surface area contributed by atoms with Crippen molar-refractivity contribution in [1.82, 2.24) is 10.2 Å². The summed E-state index contributed by atoms with van der Waals surface area (Å²) in [5.74, 6) is -1.29. The van der Waals surface area contributed by atoms with Crippen LogP contribution in [0, 0.1) is 21.4 Å². The molecular formula is C13H18Cl2N4O4. The number of hydrogen-bond acceptors (Lipinski definition) is 7. The maximum Gasteiger partial charge on any atom is 0.314 e. The van der Waals surface area contributed by atoms with Crippen molar-refractivity contribution in [2.45, 2.75) is 12.5 Å². The number of hydrogen-bond donors (Lipinski definition) is 3. The summed E-state index contributed by atoms with van der Waals surface area (Å²) in [6.45, 7) is 2.96. The predicted octanol–water partition coefficient (Wildman–Crippen LogP) is 1.71. The number of halogens is 2.